The number of hydrogen-bond acceptors (Lipinski definition) is 3. The molecule has 4 nitrogen and oxygen atoms in total. The van der Waals surface area contributed by atoms with Gasteiger partial charge in [-0.3, -0.25) is 4.79 Å². The van der Waals surface area contributed by atoms with Gasteiger partial charge in [-0.25, -0.2) is 0 Å². The molecular weight excluding hydrogens is 272 g/mol. The monoisotopic (exact) mass is 294 g/mol. The summed E-state index contributed by atoms with van der Waals surface area (Å²) >= 11 is 4.88. The molecule has 0 radical (unpaired) electrons. The van der Waals surface area contributed by atoms with E-state index in [0.717, 1.165) is 30.6 Å². The molecule has 3 N–H and O–H groups in total. The number of nitrogens with two attached hydrogens (primary N) is 1. The van der Waals surface area contributed by atoms with Gasteiger partial charge in [-0.05, 0) is 12.0 Å². The van der Waals surface area contributed by atoms with Crippen molar-refractivity contribution in [3.63, 3.8) is 0 Å². The summed E-state index contributed by atoms with van der Waals surface area (Å²) in [6.07, 6.45) is 2.53. The Morgan fingerprint density at radius 1 is 1.30 bits per heavy atom. The first-order valence-electron chi connectivity index (χ1n) is 6.86. The summed E-state index contributed by atoms with van der Waals surface area (Å²) in [6, 6.07) is 7.40. The molecule has 1 aromatic carbocycles. The second kappa shape index (κ2) is 9.44. The van der Waals surface area contributed by atoms with E-state index in [1.165, 1.54) is 0 Å². The van der Waals surface area contributed by atoms with Gasteiger partial charge in [0.05, 0.1) is 13.0 Å². The minimum absolute atomic E-state index is 0.00725. The minimum atomic E-state index is -0.00725. The van der Waals surface area contributed by atoms with Crippen LogP contribution in [0.1, 0.15) is 30.9 Å². The Labute approximate surface area is 125 Å². The highest BCUT2D eigenvalue weighted by Crippen LogP contribution is 2.05. The molecule has 0 heterocycles. The van der Waals surface area contributed by atoms with Crippen molar-refractivity contribution < 1.29 is 9.53 Å². The molecule has 0 atom stereocenters. The number of nitrogens with one attached hydrogen (secondary N) is 1. The van der Waals surface area contributed by atoms with Crippen molar-refractivity contribution in [3.8, 4) is 0 Å². The number of carbonyl (C=O) groups excluding carboxylic acids is 1. The number of ether oxygens (including phenoxy) is 1. The third kappa shape index (κ3) is 6.63. The van der Waals surface area contributed by atoms with Gasteiger partial charge in [0.2, 0.25) is 5.91 Å². The maximum Gasteiger partial charge on any atom is 0.224 e. The quantitative estimate of drug-likeness (QED) is 0.538. The molecule has 1 rings (SSSR count). The zero-order valence-electron chi connectivity index (χ0n) is 11.9. The number of amides is 1. The summed E-state index contributed by atoms with van der Waals surface area (Å²) in [5, 5.41) is 2.83. The molecule has 0 saturated carbocycles. The van der Waals surface area contributed by atoms with Gasteiger partial charge in [-0.15, -0.1) is 0 Å². The first kappa shape index (κ1) is 16.6. The molecular formula is C15H22N2O2S. The SMILES string of the molecule is CCCCOCCNC(=O)Cc1ccc(C(N)=S)cc1. The Balaban J connectivity index is 2.23. The molecule has 5 heteroatoms. The Morgan fingerprint density at radius 3 is 2.60 bits per heavy atom. The van der Waals surface area contributed by atoms with E-state index in [0.29, 0.717) is 24.6 Å². The summed E-state index contributed by atoms with van der Waals surface area (Å²) in [6.45, 7) is 3.99. The largest absolute Gasteiger partial charge is 0.389 e. The van der Waals surface area contributed by atoms with Crippen LogP contribution in [0.25, 0.3) is 0 Å². The molecule has 0 aliphatic carbocycles. The third-order valence-electron chi connectivity index (χ3n) is 2.81. The molecule has 1 aromatic rings. The fraction of sp³-hybridized carbons (Fsp3) is 0.467. The molecule has 0 aliphatic rings. The summed E-state index contributed by atoms with van der Waals surface area (Å²) in [5.74, 6) is -0.00725. The first-order chi connectivity index (χ1) is 9.63. The summed E-state index contributed by atoms with van der Waals surface area (Å²) in [7, 11) is 0. The number of unbranched alkanes of at least 4 members (excludes halogenated alkanes) is 1. The van der Waals surface area contributed by atoms with E-state index in [2.05, 4.69) is 12.2 Å². The molecule has 0 saturated heterocycles. The molecule has 0 fully saturated rings. The van der Waals surface area contributed by atoms with Crippen LogP contribution < -0.4 is 11.1 Å². The average molecular weight is 294 g/mol. The number of thiocarbonyl (C=S) groups is 1. The Hall–Kier alpha value is -1.46. The van der Waals surface area contributed by atoms with Crippen molar-refractivity contribution in [3.05, 3.63) is 35.4 Å². The van der Waals surface area contributed by atoms with Crippen LogP contribution >= 0.6 is 12.2 Å². The summed E-state index contributed by atoms with van der Waals surface area (Å²) in [5.41, 5.74) is 7.27. The van der Waals surface area contributed by atoms with E-state index in [1.807, 2.05) is 24.3 Å². The molecule has 110 valence electrons. The van der Waals surface area contributed by atoms with E-state index in [1.54, 1.807) is 0 Å². The third-order valence-corrected chi connectivity index (χ3v) is 3.05. The predicted molar refractivity (Wildman–Crippen MR) is 84.8 cm³/mol. The Kier molecular flexibility index (Phi) is 7.84. The molecule has 0 spiro atoms. The zero-order chi connectivity index (χ0) is 14.8. The molecule has 0 aromatic heterocycles. The average Bonchev–Trinajstić information content (AvgIpc) is 2.43. The zero-order valence-corrected chi connectivity index (χ0v) is 12.7. The smallest absolute Gasteiger partial charge is 0.224 e. The van der Waals surface area contributed by atoms with Crippen LogP contribution in [0.5, 0.6) is 0 Å². The number of benzene rings is 1. The number of rotatable bonds is 9. The van der Waals surface area contributed by atoms with Gasteiger partial charge in [-0.2, -0.15) is 0 Å². The lowest BCUT2D eigenvalue weighted by Crippen LogP contribution is -2.28. The van der Waals surface area contributed by atoms with Crippen molar-refractivity contribution in [1.29, 1.82) is 0 Å². The van der Waals surface area contributed by atoms with E-state index < -0.39 is 0 Å². The Bertz CT molecular complexity index is 432. The second-order valence-corrected chi connectivity index (χ2v) is 4.99. The normalized spacial score (nSPS) is 10.2. The maximum atomic E-state index is 11.7. The van der Waals surface area contributed by atoms with Crippen molar-refractivity contribution >= 4 is 23.1 Å². The van der Waals surface area contributed by atoms with E-state index >= 15 is 0 Å². The van der Waals surface area contributed by atoms with Gasteiger partial charge >= 0.3 is 0 Å². The second-order valence-electron chi connectivity index (χ2n) is 4.55. The minimum Gasteiger partial charge on any atom is -0.389 e. The Morgan fingerprint density at radius 2 is 2.00 bits per heavy atom. The molecule has 0 unspecified atom stereocenters. The van der Waals surface area contributed by atoms with E-state index in [-0.39, 0.29) is 5.91 Å². The number of carbonyl (C=O) groups is 1. The van der Waals surface area contributed by atoms with Gasteiger partial charge in [0.25, 0.3) is 0 Å². The summed E-state index contributed by atoms with van der Waals surface area (Å²) < 4.78 is 5.37. The van der Waals surface area contributed by atoms with Crippen LogP contribution in [-0.4, -0.2) is 30.7 Å². The fourth-order valence-electron chi connectivity index (χ4n) is 1.65. The van der Waals surface area contributed by atoms with Gasteiger partial charge < -0.3 is 15.8 Å². The number of hydrogen-bond donors (Lipinski definition) is 2. The van der Waals surface area contributed by atoms with Gasteiger partial charge in [0.15, 0.2) is 0 Å². The van der Waals surface area contributed by atoms with Crippen LogP contribution in [0, 0.1) is 0 Å². The van der Waals surface area contributed by atoms with E-state index in [9.17, 15) is 4.79 Å². The fourth-order valence-corrected chi connectivity index (χ4v) is 1.78. The highest BCUT2D eigenvalue weighted by atomic mass is 32.1. The van der Waals surface area contributed by atoms with Gasteiger partial charge in [0, 0.05) is 18.7 Å². The van der Waals surface area contributed by atoms with Crippen LogP contribution in [-0.2, 0) is 16.0 Å². The predicted octanol–water partition coefficient (Wildman–Crippen LogP) is 1.80. The van der Waals surface area contributed by atoms with Crippen LogP contribution in [0.3, 0.4) is 0 Å². The first-order valence-corrected chi connectivity index (χ1v) is 7.27. The van der Waals surface area contributed by atoms with Crippen LogP contribution in [0.15, 0.2) is 24.3 Å². The van der Waals surface area contributed by atoms with Crippen molar-refractivity contribution in [1.82, 2.24) is 5.32 Å². The highest BCUT2D eigenvalue weighted by molar-refractivity contribution is 7.80. The highest BCUT2D eigenvalue weighted by Gasteiger charge is 2.03. The van der Waals surface area contributed by atoms with E-state index in [4.69, 9.17) is 22.7 Å². The van der Waals surface area contributed by atoms with Crippen molar-refractivity contribution in [2.45, 2.75) is 26.2 Å². The maximum absolute atomic E-state index is 11.7. The van der Waals surface area contributed by atoms with Crippen LogP contribution in [0.4, 0.5) is 0 Å². The lowest BCUT2D eigenvalue weighted by Gasteiger charge is -2.07. The molecule has 0 bridgehead atoms. The van der Waals surface area contributed by atoms with Crippen LogP contribution in [0.2, 0.25) is 0 Å². The van der Waals surface area contributed by atoms with Gasteiger partial charge in [0.1, 0.15) is 4.99 Å². The lowest BCUT2D eigenvalue weighted by molar-refractivity contribution is -0.120. The molecule has 20 heavy (non-hydrogen) atoms. The molecule has 0 aliphatic heterocycles. The van der Waals surface area contributed by atoms with Gasteiger partial charge in [-0.1, -0.05) is 49.8 Å². The lowest BCUT2D eigenvalue weighted by atomic mass is 10.1. The van der Waals surface area contributed by atoms with Crippen molar-refractivity contribution in [2.75, 3.05) is 19.8 Å². The molecule has 1 amide bonds. The summed E-state index contributed by atoms with van der Waals surface area (Å²) in [4.78, 5) is 12.1. The standard InChI is InChI=1S/C15H22N2O2S/c1-2-3-9-19-10-8-17-14(18)11-12-4-6-13(7-5-12)15(16)20/h4-7H,2-3,8-11H2,1H3,(H2,16,20)(H,17,18). The van der Waals surface area contributed by atoms with Crippen molar-refractivity contribution in [2.24, 2.45) is 5.73 Å². The topological polar surface area (TPSA) is 64.3 Å².